The molecule has 2 saturated heterocycles. The molecule has 6 heterocycles. The number of hydrogen-bond acceptors (Lipinski definition) is 10. The van der Waals surface area contributed by atoms with E-state index in [1.165, 1.54) is 24.0 Å². The van der Waals surface area contributed by atoms with E-state index in [1.807, 2.05) is 82.7 Å². The largest absolute Gasteiger partial charge is 0.391 e. The summed E-state index contributed by atoms with van der Waals surface area (Å²) in [5.74, 6) is 1.01. The first kappa shape index (κ1) is 46.1. The lowest BCUT2D eigenvalue weighted by atomic mass is 9.49. The van der Waals surface area contributed by atoms with E-state index in [-0.39, 0.29) is 36.4 Å². The Morgan fingerprint density at radius 1 is 0.986 bits per heavy atom. The topological polar surface area (TPSA) is 151 Å². The maximum absolute atomic E-state index is 14.6. The number of amides is 2. The Balaban J connectivity index is 0.700. The fourth-order valence-corrected chi connectivity index (χ4v) is 13.8. The van der Waals surface area contributed by atoms with E-state index in [2.05, 4.69) is 67.1 Å². The van der Waals surface area contributed by atoms with Gasteiger partial charge in [-0.3, -0.25) is 19.0 Å². The molecule has 2 unspecified atom stereocenters. The molecule has 15 heteroatoms. The van der Waals surface area contributed by atoms with Crippen LogP contribution >= 0.6 is 22.9 Å². The van der Waals surface area contributed by atoms with Crippen LogP contribution in [0.25, 0.3) is 27.0 Å². The fraction of sp³-hybridized carbons (Fsp3) is 0.500. The number of nitrogens with zero attached hydrogens (tertiary/aromatic N) is 8. The van der Waals surface area contributed by atoms with Crippen molar-refractivity contribution in [2.45, 2.75) is 141 Å². The number of carbonyl (C=O) groups excluding carboxylic acids is 2. The third kappa shape index (κ3) is 7.93. The monoisotopic (exact) mass is 967 g/mol. The highest BCUT2D eigenvalue weighted by molar-refractivity contribution is 7.13. The summed E-state index contributed by atoms with van der Waals surface area (Å²) in [4.78, 5) is 56.0. The molecule has 0 radical (unpaired) electrons. The predicted molar refractivity (Wildman–Crippen MR) is 269 cm³/mol. The molecule has 3 aromatic carbocycles. The summed E-state index contributed by atoms with van der Waals surface area (Å²) < 4.78 is 3.87. The maximum Gasteiger partial charge on any atom is 0.282 e. The summed E-state index contributed by atoms with van der Waals surface area (Å²) in [5, 5.41) is 24.1. The number of β-amino-alcohol motifs (C(OH)–C–C–N with tert-alkyl or cyclic N) is 1. The molecule has 2 saturated carbocycles. The quantitative estimate of drug-likeness (QED) is 0.145. The van der Waals surface area contributed by atoms with Crippen LogP contribution in [0.4, 0.5) is 0 Å². The molecule has 0 bridgehead atoms. The van der Waals surface area contributed by atoms with Gasteiger partial charge in [0.2, 0.25) is 11.8 Å². The van der Waals surface area contributed by atoms with Crippen molar-refractivity contribution in [3.05, 3.63) is 122 Å². The van der Waals surface area contributed by atoms with Gasteiger partial charge in [-0.2, -0.15) is 4.98 Å². The minimum atomic E-state index is -0.802. The van der Waals surface area contributed by atoms with Crippen molar-refractivity contribution in [2.75, 3.05) is 19.6 Å². The van der Waals surface area contributed by atoms with E-state index in [4.69, 9.17) is 11.6 Å². The SMILES string of the molecule is Cc1ncsc1-c1ccc([C@H](C)NC(=O)C2CC(O)CN2C(=O)[C@@H](n2cc(C3CC4(C3)CC(N3CCC(c5ccc6c(c5)-n5c(nc(=O)c7c(Cl)cccc75)C6(C)C)CC3)C4)nn2)C(C)(C)C)cc1. The summed E-state index contributed by atoms with van der Waals surface area (Å²) in [6, 6.07) is 19.4. The van der Waals surface area contributed by atoms with E-state index in [1.54, 1.807) is 27.0 Å². The van der Waals surface area contributed by atoms with Crippen LogP contribution in [0, 0.1) is 17.8 Å². The van der Waals surface area contributed by atoms with Gasteiger partial charge in [-0.1, -0.05) is 80.1 Å². The minimum Gasteiger partial charge on any atom is -0.391 e. The fourth-order valence-electron chi connectivity index (χ4n) is 12.7. The molecule has 3 aliphatic heterocycles. The van der Waals surface area contributed by atoms with Crippen molar-refractivity contribution >= 4 is 45.7 Å². The second-order valence-corrected chi connectivity index (χ2v) is 23.8. The standard InChI is InChI=1S/C54H62ClN9O4S/c1-30(32-11-13-34(14-12-32)46-31(2)56-29-69-46)57-48(66)44-22-38(65)27-62(44)50(68)47(52(3,4)5)63-28-41(59-60-63)36-23-54(24-36)25-37(26-54)61-19-17-33(18-20-61)35-15-16-39-43(21-35)64-42-10-8-9-40(55)45(42)49(67)58-51(64)53(39,6)7/h8-16,21,28-30,33,36-38,44,47,65H,17-20,22-27H2,1-7H3,(H,57,66)/t30-,36?,37?,38?,44?,47+,54?/m0/s1. The Kier molecular flexibility index (Phi) is 11.3. The zero-order chi connectivity index (χ0) is 48.3. The van der Waals surface area contributed by atoms with Crippen molar-refractivity contribution in [2.24, 2.45) is 10.8 Å². The van der Waals surface area contributed by atoms with Crippen molar-refractivity contribution in [3.8, 4) is 16.1 Å². The maximum atomic E-state index is 14.6. The normalized spacial score (nSPS) is 25.3. The van der Waals surface area contributed by atoms with Crippen molar-refractivity contribution in [1.82, 2.24) is 44.6 Å². The van der Waals surface area contributed by atoms with Crippen LogP contribution in [0.15, 0.2) is 77.2 Å². The third-order valence-electron chi connectivity index (χ3n) is 16.5. The third-order valence-corrected chi connectivity index (χ3v) is 17.8. The number of benzene rings is 3. The second kappa shape index (κ2) is 17.0. The Morgan fingerprint density at radius 3 is 2.42 bits per heavy atom. The van der Waals surface area contributed by atoms with E-state index in [0.717, 1.165) is 83.2 Å². The molecule has 13 nitrogen and oxygen atoms in total. The highest BCUT2D eigenvalue weighted by atomic mass is 35.5. The van der Waals surface area contributed by atoms with Gasteiger partial charge < -0.3 is 20.2 Å². The lowest BCUT2D eigenvalue weighted by Crippen LogP contribution is -2.57. The molecular weight excluding hydrogens is 906 g/mol. The van der Waals surface area contributed by atoms with E-state index < -0.39 is 29.0 Å². The van der Waals surface area contributed by atoms with E-state index in [0.29, 0.717) is 33.7 Å². The summed E-state index contributed by atoms with van der Waals surface area (Å²) in [6.45, 7) is 16.5. The molecule has 6 aromatic rings. The molecule has 4 fully saturated rings. The summed E-state index contributed by atoms with van der Waals surface area (Å²) >= 11 is 8.15. The average molecular weight is 969 g/mol. The molecule has 360 valence electrons. The lowest BCUT2D eigenvalue weighted by molar-refractivity contribution is -0.144. The van der Waals surface area contributed by atoms with E-state index in [9.17, 15) is 19.5 Å². The molecule has 4 atom stereocenters. The molecule has 2 amide bonds. The van der Waals surface area contributed by atoms with Gasteiger partial charge in [0.25, 0.3) is 5.56 Å². The first-order valence-electron chi connectivity index (χ1n) is 24.7. The van der Waals surface area contributed by atoms with Crippen LogP contribution in [-0.2, 0) is 15.0 Å². The summed E-state index contributed by atoms with van der Waals surface area (Å²) in [6.07, 6.45) is 8.11. The van der Waals surface area contributed by atoms with Gasteiger partial charge in [0.05, 0.1) is 60.9 Å². The molecule has 5 aliphatic rings. The second-order valence-electron chi connectivity index (χ2n) is 22.5. The average Bonchev–Trinajstić information content (AvgIpc) is 4.08. The molecule has 3 aromatic heterocycles. The summed E-state index contributed by atoms with van der Waals surface area (Å²) in [5.41, 5.74) is 9.34. The number of nitrogens with one attached hydrogen (secondary N) is 1. The molecule has 11 rings (SSSR count). The zero-order valence-corrected chi connectivity index (χ0v) is 42.1. The number of thiazole rings is 1. The van der Waals surface area contributed by atoms with Gasteiger partial charge >= 0.3 is 0 Å². The smallest absolute Gasteiger partial charge is 0.282 e. The Bertz CT molecular complexity index is 3040. The number of aliphatic hydroxyl groups excluding tert-OH is 1. The number of aromatic nitrogens is 6. The first-order chi connectivity index (χ1) is 32.9. The number of rotatable bonds is 9. The molecule has 1 spiro atoms. The number of piperidine rings is 1. The van der Waals surface area contributed by atoms with Crippen molar-refractivity contribution < 1.29 is 14.7 Å². The molecule has 2 N–H and O–H groups in total. The number of fused-ring (bicyclic) bond motifs is 5. The Labute approximate surface area is 412 Å². The van der Waals surface area contributed by atoms with Crippen LogP contribution < -0.4 is 10.9 Å². The van der Waals surface area contributed by atoms with Crippen LogP contribution in [0.3, 0.4) is 0 Å². The highest BCUT2D eigenvalue weighted by Gasteiger charge is 2.55. The molecule has 69 heavy (non-hydrogen) atoms. The minimum absolute atomic E-state index is 0.0869. The lowest BCUT2D eigenvalue weighted by Gasteiger charge is -2.60. The van der Waals surface area contributed by atoms with Gasteiger partial charge in [-0.15, -0.1) is 16.4 Å². The first-order valence-corrected chi connectivity index (χ1v) is 26.0. The Morgan fingerprint density at radius 2 is 1.72 bits per heavy atom. The van der Waals surface area contributed by atoms with Gasteiger partial charge in [-0.25, -0.2) is 9.67 Å². The Hall–Kier alpha value is -5.28. The summed E-state index contributed by atoms with van der Waals surface area (Å²) in [7, 11) is 0. The molecular formula is C54H62ClN9O4S. The van der Waals surface area contributed by atoms with E-state index >= 15 is 0 Å². The van der Waals surface area contributed by atoms with Crippen LogP contribution in [-0.4, -0.2) is 94.1 Å². The van der Waals surface area contributed by atoms with Crippen LogP contribution in [0.5, 0.6) is 0 Å². The number of aliphatic hydroxyl groups is 1. The predicted octanol–water partition coefficient (Wildman–Crippen LogP) is 9.03. The van der Waals surface area contributed by atoms with Crippen molar-refractivity contribution in [1.29, 1.82) is 0 Å². The van der Waals surface area contributed by atoms with Gasteiger partial charge in [-0.05, 0) is 137 Å². The van der Waals surface area contributed by atoms with Gasteiger partial charge in [0, 0.05) is 31.1 Å². The van der Waals surface area contributed by atoms with Crippen molar-refractivity contribution in [3.63, 3.8) is 0 Å². The highest BCUT2D eigenvalue weighted by Crippen LogP contribution is 2.63. The number of aryl methyl sites for hydroxylation is 1. The number of likely N-dealkylation sites (tertiary alicyclic amines) is 2. The van der Waals surface area contributed by atoms with Crippen LogP contribution in [0.1, 0.15) is 144 Å². The van der Waals surface area contributed by atoms with Crippen LogP contribution in [0.2, 0.25) is 5.02 Å². The van der Waals surface area contributed by atoms with Gasteiger partial charge in [0.1, 0.15) is 17.9 Å². The number of halogens is 1. The number of carbonyl (C=O) groups is 2. The van der Waals surface area contributed by atoms with Gasteiger partial charge in [0.15, 0.2) is 0 Å². The molecule has 2 aliphatic carbocycles. The zero-order valence-electron chi connectivity index (χ0n) is 40.6. The number of hydrogen-bond donors (Lipinski definition) is 2.